The van der Waals surface area contributed by atoms with Crippen LogP contribution >= 0.6 is 0 Å². The Morgan fingerprint density at radius 3 is 1.29 bits per heavy atom. The zero-order chi connectivity index (χ0) is 16.0. The predicted octanol–water partition coefficient (Wildman–Crippen LogP) is 6.70. The van der Waals surface area contributed by atoms with E-state index in [1.165, 1.54) is 83.5 Å². The van der Waals surface area contributed by atoms with Gasteiger partial charge in [-0.15, -0.1) is 0 Å². The molecule has 128 valence electrons. The van der Waals surface area contributed by atoms with Gasteiger partial charge < -0.3 is 5.73 Å². The van der Waals surface area contributed by atoms with Crippen LogP contribution in [0, 0.1) is 11.3 Å². The Labute approximate surface area is 135 Å². The van der Waals surface area contributed by atoms with E-state index in [0.29, 0.717) is 5.41 Å². The molecule has 0 aromatic rings. The van der Waals surface area contributed by atoms with E-state index < -0.39 is 0 Å². The van der Waals surface area contributed by atoms with Gasteiger partial charge in [-0.25, -0.2) is 0 Å². The van der Waals surface area contributed by atoms with Crippen molar-refractivity contribution < 1.29 is 0 Å². The first-order valence-electron chi connectivity index (χ1n) is 9.71. The molecule has 0 aromatic heterocycles. The van der Waals surface area contributed by atoms with Gasteiger partial charge >= 0.3 is 0 Å². The van der Waals surface area contributed by atoms with Crippen LogP contribution in [0.5, 0.6) is 0 Å². The summed E-state index contributed by atoms with van der Waals surface area (Å²) in [6, 6.07) is 0. The number of hydrogen-bond acceptors (Lipinski definition) is 1. The summed E-state index contributed by atoms with van der Waals surface area (Å²) < 4.78 is 0. The van der Waals surface area contributed by atoms with E-state index in [0.717, 1.165) is 12.5 Å². The zero-order valence-electron chi connectivity index (χ0n) is 15.6. The summed E-state index contributed by atoms with van der Waals surface area (Å²) in [7, 11) is 0. The second-order valence-corrected chi connectivity index (χ2v) is 7.92. The van der Waals surface area contributed by atoms with Gasteiger partial charge in [-0.2, -0.15) is 0 Å². The third-order valence-corrected chi connectivity index (χ3v) is 5.34. The predicted molar refractivity (Wildman–Crippen MR) is 97.7 cm³/mol. The SMILES string of the molecule is CC(C)C(C)(C)CCCCCCCCCCCCCCN. The third kappa shape index (κ3) is 13.4. The normalized spacial score (nSPS) is 12.3. The lowest BCUT2D eigenvalue weighted by Gasteiger charge is -2.29. The Morgan fingerprint density at radius 2 is 0.952 bits per heavy atom. The highest BCUT2D eigenvalue weighted by Crippen LogP contribution is 2.32. The summed E-state index contributed by atoms with van der Waals surface area (Å²) in [4.78, 5) is 0. The lowest BCUT2D eigenvalue weighted by atomic mass is 9.77. The fraction of sp³-hybridized carbons (Fsp3) is 1.00. The lowest BCUT2D eigenvalue weighted by Crippen LogP contribution is -2.18. The Kier molecular flexibility index (Phi) is 13.6. The van der Waals surface area contributed by atoms with Crippen molar-refractivity contribution in [1.82, 2.24) is 0 Å². The first-order chi connectivity index (χ1) is 10.0. The molecule has 0 aliphatic rings. The molecule has 0 radical (unpaired) electrons. The molecule has 0 spiro atoms. The van der Waals surface area contributed by atoms with E-state index in [2.05, 4.69) is 27.7 Å². The molecule has 21 heavy (non-hydrogen) atoms. The van der Waals surface area contributed by atoms with Crippen LogP contribution in [0.3, 0.4) is 0 Å². The topological polar surface area (TPSA) is 26.0 Å². The van der Waals surface area contributed by atoms with Gasteiger partial charge in [0.1, 0.15) is 0 Å². The molecule has 0 unspecified atom stereocenters. The van der Waals surface area contributed by atoms with Gasteiger partial charge in [0.15, 0.2) is 0 Å². The number of hydrogen-bond donors (Lipinski definition) is 1. The Balaban J connectivity index is 3.16. The molecule has 0 bridgehead atoms. The van der Waals surface area contributed by atoms with Crippen LogP contribution in [-0.4, -0.2) is 6.54 Å². The maximum atomic E-state index is 5.50. The van der Waals surface area contributed by atoms with Crippen LogP contribution < -0.4 is 5.73 Å². The average Bonchev–Trinajstić information content (AvgIpc) is 2.43. The second kappa shape index (κ2) is 13.6. The molecule has 0 aromatic carbocycles. The van der Waals surface area contributed by atoms with Crippen molar-refractivity contribution in [2.75, 3.05) is 6.54 Å². The first-order valence-corrected chi connectivity index (χ1v) is 9.71. The minimum Gasteiger partial charge on any atom is -0.330 e. The smallest absolute Gasteiger partial charge is 0.00773 e. The van der Waals surface area contributed by atoms with Crippen LogP contribution in [0.1, 0.15) is 111 Å². The largest absolute Gasteiger partial charge is 0.330 e. The maximum Gasteiger partial charge on any atom is -0.00773 e. The highest BCUT2D eigenvalue weighted by molar-refractivity contribution is 4.71. The molecule has 0 fully saturated rings. The quantitative estimate of drug-likeness (QED) is 0.334. The Morgan fingerprint density at radius 1 is 0.619 bits per heavy atom. The fourth-order valence-electron chi connectivity index (χ4n) is 2.78. The summed E-state index contributed by atoms with van der Waals surface area (Å²) in [5.74, 6) is 0.808. The van der Waals surface area contributed by atoms with Crippen molar-refractivity contribution in [3.8, 4) is 0 Å². The summed E-state index contributed by atoms with van der Waals surface area (Å²) in [5.41, 5.74) is 6.03. The van der Waals surface area contributed by atoms with Gasteiger partial charge in [0.25, 0.3) is 0 Å². The molecule has 0 saturated heterocycles. The van der Waals surface area contributed by atoms with Crippen LogP contribution in [0.4, 0.5) is 0 Å². The van der Waals surface area contributed by atoms with Crippen molar-refractivity contribution in [3.05, 3.63) is 0 Å². The molecule has 0 aliphatic carbocycles. The van der Waals surface area contributed by atoms with E-state index in [1.807, 2.05) is 0 Å². The molecule has 0 atom stereocenters. The first kappa shape index (κ1) is 21.0. The summed E-state index contributed by atoms with van der Waals surface area (Å²) in [5, 5.41) is 0. The fourth-order valence-corrected chi connectivity index (χ4v) is 2.78. The molecule has 1 heteroatoms. The van der Waals surface area contributed by atoms with Crippen molar-refractivity contribution in [2.45, 2.75) is 111 Å². The van der Waals surface area contributed by atoms with Gasteiger partial charge in [0, 0.05) is 0 Å². The summed E-state index contributed by atoms with van der Waals surface area (Å²) in [6.45, 7) is 10.4. The highest BCUT2D eigenvalue weighted by Gasteiger charge is 2.20. The lowest BCUT2D eigenvalue weighted by molar-refractivity contribution is 0.221. The standard InChI is InChI=1S/C20H43N/c1-19(2)20(3,4)17-15-13-11-9-7-5-6-8-10-12-14-16-18-21/h19H,5-18,21H2,1-4H3. The molecular weight excluding hydrogens is 254 g/mol. The minimum atomic E-state index is 0.532. The van der Waals surface area contributed by atoms with E-state index in [4.69, 9.17) is 5.73 Å². The molecule has 0 heterocycles. The Bertz CT molecular complexity index is 208. The number of unbranched alkanes of at least 4 members (excludes halogenated alkanes) is 11. The second-order valence-electron chi connectivity index (χ2n) is 7.92. The molecule has 0 aliphatic heterocycles. The molecular formula is C20H43N. The van der Waals surface area contributed by atoms with Crippen molar-refractivity contribution >= 4 is 0 Å². The van der Waals surface area contributed by atoms with Crippen LogP contribution in [0.2, 0.25) is 0 Å². The molecule has 0 saturated carbocycles. The van der Waals surface area contributed by atoms with Crippen LogP contribution in [-0.2, 0) is 0 Å². The van der Waals surface area contributed by atoms with Gasteiger partial charge in [0.2, 0.25) is 0 Å². The van der Waals surface area contributed by atoms with Gasteiger partial charge in [0.05, 0.1) is 0 Å². The Hall–Kier alpha value is -0.0400. The van der Waals surface area contributed by atoms with Crippen molar-refractivity contribution in [3.63, 3.8) is 0 Å². The number of nitrogens with two attached hydrogens (primary N) is 1. The molecule has 2 N–H and O–H groups in total. The average molecular weight is 298 g/mol. The van der Waals surface area contributed by atoms with E-state index in [1.54, 1.807) is 0 Å². The zero-order valence-corrected chi connectivity index (χ0v) is 15.6. The maximum absolute atomic E-state index is 5.50. The van der Waals surface area contributed by atoms with Crippen LogP contribution in [0.15, 0.2) is 0 Å². The number of rotatable bonds is 15. The van der Waals surface area contributed by atoms with Crippen molar-refractivity contribution in [2.24, 2.45) is 17.1 Å². The van der Waals surface area contributed by atoms with Gasteiger partial charge in [-0.3, -0.25) is 0 Å². The van der Waals surface area contributed by atoms with Gasteiger partial charge in [-0.05, 0) is 30.7 Å². The van der Waals surface area contributed by atoms with E-state index in [9.17, 15) is 0 Å². The summed E-state index contributed by atoms with van der Waals surface area (Å²) in [6.07, 6.45) is 18.3. The van der Waals surface area contributed by atoms with Crippen LogP contribution in [0.25, 0.3) is 0 Å². The molecule has 1 nitrogen and oxygen atoms in total. The molecule has 0 rings (SSSR count). The minimum absolute atomic E-state index is 0.532. The third-order valence-electron chi connectivity index (χ3n) is 5.34. The van der Waals surface area contributed by atoms with E-state index >= 15 is 0 Å². The monoisotopic (exact) mass is 297 g/mol. The molecule has 0 amide bonds. The van der Waals surface area contributed by atoms with E-state index in [-0.39, 0.29) is 0 Å². The van der Waals surface area contributed by atoms with Crippen molar-refractivity contribution in [1.29, 1.82) is 0 Å². The highest BCUT2D eigenvalue weighted by atomic mass is 14.5. The summed E-state index contributed by atoms with van der Waals surface area (Å²) >= 11 is 0. The van der Waals surface area contributed by atoms with Gasteiger partial charge in [-0.1, -0.05) is 98.3 Å².